The average Bonchev–Trinajstić information content (AvgIpc) is 3.31. The molecule has 0 atom stereocenters. The van der Waals surface area contributed by atoms with E-state index in [9.17, 15) is 9.59 Å². The number of carbonyl (C=O) groups is 2. The minimum atomic E-state index is -0.323. The first-order valence-electron chi connectivity index (χ1n) is 12.2. The van der Waals surface area contributed by atoms with Gasteiger partial charge in [0.05, 0.1) is 12.8 Å². The number of amides is 2. The summed E-state index contributed by atoms with van der Waals surface area (Å²) in [5.41, 5.74) is 5.05. The lowest BCUT2D eigenvalue weighted by Gasteiger charge is -2.26. The molecule has 0 saturated carbocycles. The summed E-state index contributed by atoms with van der Waals surface area (Å²) in [6.07, 6.45) is 1.89. The summed E-state index contributed by atoms with van der Waals surface area (Å²) in [6, 6.07) is 22.8. The zero-order chi connectivity index (χ0) is 26.5. The molecule has 190 valence electrons. The van der Waals surface area contributed by atoms with Gasteiger partial charge in [-0.2, -0.15) is 0 Å². The molecule has 0 radical (unpaired) electrons. The number of ether oxygens (including phenoxy) is 1. The molecule has 37 heavy (non-hydrogen) atoms. The largest absolute Gasteiger partial charge is 0.497 e. The smallest absolute Gasteiger partial charge is 0.254 e. The molecule has 4 aromatic rings. The normalized spacial score (nSPS) is 10.9. The van der Waals surface area contributed by atoms with Crippen molar-refractivity contribution in [3.8, 4) is 22.7 Å². The predicted octanol–water partition coefficient (Wildman–Crippen LogP) is 5.65. The Morgan fingerprint density at radius 3 is 2.27 bits per heavy atom. The molecule has 4 rings (SSSR count). The Labute approximate surface area is 217 Å². The summed E-state index contributed by atoms with van der Waals surface area (Å²) in [6.45, 7) is 7.63. The molecule has 0 fully saturated rings. The van der Waals surface area contributed by atoms with Crippen LogP contribution < -0.4 is 10.1 Å². The highest BCUT2D eigenvalue weighted by molar-refractivity contribution is 6.00. The highest BCUT2D eigenvalue weighted by atomic mass is 16.5. The molecule has 1 heterocycles. The molecule has 7 heteroatoms. The van der Waals surface area contributed by atoms with Crippen molar-refractivity contribution in [2.45, 2.75) is 33.7 Å². The maximum atomic E-state index is 13.3. The van der Waals surface area contributed by atoms with E-state index in [4.69, 9.17) is 9.72 Å². The van der Waals surface area contributed by atoms with E-state index in [0.29, 0.717) is 17.2 Å². The fourth-order valence-corrected chi connectivity index (χ4v) is 4.05. The number of aromatic nitrogens is 2. The highest BCUT2D eigenvalue weighted by Crippen LogP contribution is 2.26. The summed E-state index contributed by atoms with van der Waals surface area (Å²) in [7, 11) is 1.62. The lowest BCUT2D eigenvalue weighted by Crippen LogP contribution is -2.42. The number of methoxy groups -OCH3 is 1. The minimum absolute atomic E-state index is 0.0938. The van der Waals surface area contributed by atoms with Crippen molar-refractivity contribution in [2.24, 2.45) is 0 Å². The zero-order valence-electron chi connectivity index (χ0n) is 21.9. The molecule has 7 nitrogen and oxygen atoms in total. The number of rotatable bonds is 8. The van der Waals surface area contributed by atoms with Gasteiger partial charge >= 0.3 is 0 Å². The average molecular weight is 497 g/mol. The number of aryl methyl sites for hydroxylation is 2. The van der Waals surface area contributed by atoms with Crippen LogP contribution in [0.4, 0.5) is 5.95 Å². The number of imidazole rings is 1. The maximum absolute atomic E-state index is 13.3. The van der Waals surface area contributed by atoms with Crippen LogP contribution in [-0.4, -0.2) is 46.0 Å². The molecule has 0 aliphatic carbocycles. The Morgan fingerprint density at radius 2 is 1.65 bits per heavy atom. The molecular weight excluding hydrogens is 464 g/mol. The van der Waals surface area contributed by atoms with Crippen LogP contribution in [0.5, 0.6) is 5.75 Å². The highest BCUT2D eigenvalue weighted by Gasteiger charge is 2.24. The van der Waals surface area contributed by atoms with Crippen molar-refractivity contribution < 1.29 is 14.3 Å². The third-order valence-corrected chi connectivity index (χ3v) is 6.23. The predicted molar refractivity (Wildman–Crippen MR) is 146 cm³/mol. The Kier molecular flexibility index (Phi) is 7.72. The van der Waals surface area contributed by atoms with E-state index in [-0.39, 0.29) is 24.4 Å². The summed E-state index contributed by atoms with van der Waals surface area (Å²) in [4.78, 5) is 32.8. The zero-order valence-corrected chi connectivity index (χ0v) is 21.9. The van der Waals surface area contributed by atoms with E-state index in [0.717, 1.165) is 28.1 Å². The van der Waals surface area contributed by atoms with Gasteiger partial charge in [0.15, 0.2) is 0 Å². The molecule has 0 saturated heterocycles. The van der Waals surface area contributed by atoms with Gasteiger partial charge in [0.1, 0.15) is 12.3 Å². The Balaban J connectivity index is 1.63. The number of nitrogens with zero attached hydrogens (tertiary/aromatic N) is 3. The summed E-state index contributed by atoms with van der Waals surface area (Å²) < 4.78 is 7.11. The maximum Gasteiger partial charge on any atom is 0.254 e. The third-order valence-electron chi connectivity index (χ3n) is 6.23. The van der Waals surface area contributed by atoms with E-state index in [2.05, 4.69) is 5.32 Å². The fraction of sp³-hybridized carbons (Fsp3) is 0.233. The van der Waals surface area contributed by atoms with E-state index in [1.54, 1.807) is 18.1 Å². The number of nitrogens with one attached hydrogen (secondary N) is 1. The Bertz CT molecular complexity index is 1390. The number of carbonyl (C=O) groups excluding carboxylic acids is 2. The third kappa shape index (κ3) is 5.89. The molecule has 1 aromatic heterocycles. The van der Waals surface area contributed by atoms with Crippen molar-refractivity contribution >= 4 is 17.8 Å². The van der Waals surface area contributed by atoms with Gasteiger partial charge in [-0.15, -0.1) is 0 Å². The molecule has 1 N–H and O–H groups in total. The molecule has 2 amide bonds. The van der Waals surface area contributed by atoms with Crippen LogP contribution in [-0.2, 0) is 4.79 Å². The molecule has 0 spiro atoms. The van der Waals surface area contributed by atoms with Crippen LogP contribution in [0.3, 0.4) is 0 Å². The van der Waals surface area contributed by atoms with Crippen LogP contribution in [0, 0.1) is 13.8 Å². The first kappa shape index (κ1) is 25.7. The summed E-state index contributed by atoms with van der Waals surface area (Å²) in [5.74, 6) is 0.633. The van der Waals surface area contributed by atoms with Gasteiger partial charge in [0.2, 0.25) is 11.9 Å². The van der Waals surface area contributed by atoms with E-state index in [1.165, 1.54) is 0 Å². The van der Waals surface area contributed by atoms with Gasteiger partial charge in [0, 0.05) is 29.1 Å². The first-order chi connectivity index (χ1) is 17.8. The molecule has 0 aliphatic rings. The number of hydrogen-bond donors (Lipinski definition) is 1. The minimum Gasteiger partial charge on any atom is -0.497 e. The summed E-state index contributed by atoms with van der Waals surface area (Å²) in [5, 5.41) is 2.94. The van der Waals surface area contributed by atoms with Crippen LogP contribution in [0.15, 0.2) is 79.0 Å². The first-order valence-corrected chi connectivity index (χ1v) is 12.2. The van der Waals surface area contributed by atoms with Crippen LogP contribution in [0.1, 0.15) is 35.3 Å². The monoisotopic (exact) mass is 496 g/mol. The number of benzene rings is 3. The number of anilines is 1. The van der Waals surface area contributed by atoms with Crippen LogP contribution in [0.2, 0.25) is 0 Å². The summed E-state index contributed by atoms with van der Waals surface area (Å²) >= 11 is 0. The standard InChI is InChI=1S/C30H32N4O3/c1-20(2)33(29(36)26-9-7-6-8-22(26)4)19-28(35)32-30-31-27(23-12-16-25(37-5)17-13-23)18-34(30)24-14-10-21(3)11-15-24/h6-18,20H,19H2,1-5H3,(H,31,32,35). The van der Waals surface area contributed by atoms with Crippen molar-refractivity contribution in [1.29, 1.82) is 0 Å². The van der Waals surface area contributed by atoms with Crippen molar-refractivity contribution in [3.05, 3.63) is 95.7 Å². The Hall–Kier alpha value is -4.39. The molecule has 0 bridgehead atoms. The fourth-order valence-electron chi connectivity index (χ4n) is 4.05. The molecule has 0 aliphatic heterocycles. The second-order valence-corrected chi connectivity index (χ2v) is 9.27. The molecule has 3 aromatic carbocycles. The second-order valence-electron chi connectivity index (χ2n) is 9.27. The van der Waals surface area contributed by atoms with Gasteiger partial charge in [0.25, 0.3) is 5.91 Å². The SMILES string of the molecule is COc1ccc(-c2cn(-c3ccc(C)cc3)c(NC(=O)CN(C(=O)c3ccccc3C)C(C)C)n2)cc1. The topological polar surface area (TPSA) is 76.5 Å². The van der Waals surface area contributed by atoms with Crippen LogP contribution in [0.25, 0.3) is 16.9 Å². The lowest BCUT2D eigenvalue weighted by molar-refractivity contribution is -0.117. The molecule has 0 unspecified atom stereocenters. The van der Waals surface area contributed by atoms with Gasteiger partial charge < -0.3 is 9.64 Å². The van der Waals surface area contributed by atoms with Crippen LogP contribution >= 0.6 is 0 Å². The Morgan fingerprint density at radius 1 is 0.973 bits per heavy atom. The second kappa shape index (κ2) is 11.1. The van der Waals surface area contributed by atoms with Gasteiger partial charge in [-0.05, 0) is 75.7 Å². The van der Waals surface area contributed by atoms with Gasteiger partial charge in [-0.3, -0.25) is 19.5 Å². The lowest BCUT2D eigenvalue weighted by atomic mass is 10.1. The van der Waals surface area contributed by atoms with Gasteiger partial charge in [-0.25, -0.2) is 4.98 Å². The van der Waals surface area contributed by atoms with E-state index >= 15 is 0 Å². The van der Waals surface area contributed by atoms with E-state index in [1.807, 2.05) is 105 Å². The van der Waals surface area contributed by atoms with Crippen molar-refractivity contribution in [3.63, 3.8) is 0 Å². The van der Waals surface area contributed by atoms with Crippen molar-refractivity contribution in [2.75, 3.05) is 19.0 Å². The quantitative estimate of drug-likeness (QED) is 0.342. The van der Waals surface area contributed by atoms with Gasteiger partial charge in [-0.1, -0.05) is 35.9 Å². The van der Waals surface area contributed by atoms with Crippen molar-refractivity contribution in [1.82, 2.24) is 14.5 Å². The number of hydrogen-bond acceptors (Lipinski definition) is 4. The van der Waals surface area contributed by atoms with E-state index < -0.39 is 0 Å². The molecular formula is C30H32N4O3.